The molecule has 2 aromatic carbocycles. The van der Waals surface area contributed by atoms with Crippen LogP contribution in [0.5, 0.6) is 0 Å². The van der Waals surface area contributed by atoms with Gasteiger partial charge in [0.25, 0.3) is 5.56 Å². The number of benzene rings is 2. The molecule has 3 N–H and O–H groups in total. The average Bonchev–Trinajstić information content (AvgIpc) is 2.82. The Balaban J connectivity index is 1.31. The molecule has 178 valence electrons. The highest BCUT2D eigenvalue weighted by Gasteiger charge is 2.29. The van der Waals surface area contributed by atoms with E-state index in [1.807, 2.05) is 36.1 Å². The molecule has 3 heterocycles. The number of rotatable bonds is 4. The quantitative estimate of drug-likeness (QED) is 0.508. The van der Waals surface area contributed by atoms with Gasteiger partial charge < -0.3 is 25.4 Å². The van der Waals surface area contributed by atoms with E-state index >= 15 is 0 Å². The smallest absolute Gasteiger partial charge is 0.257 e. The standard InChI is InChI=1S/C25H27Cl2N5O2/c1-15-24-16(10-18(26)13-21(24)27)4-7-32(15)23(33)14-29-19-2-3-20-17(11-19)12-22(30-25(20)34)31-8-5-28-6-9-31/h2-3,10-13,15,28-29H,4-9,14H2,1H3,(H,30,34). The van der Waals surface area contributed by atoms with Crippen molar-refractivity contribution < 1.29 is 4.79 Å². The highest BCUT2D eigenvalue weighted by Crippen LogP contribution is 2.37. The van der Waals surface area contributed by atoms with Gasteiger partial charge in [-0.25, -0.2) is 0 Å². The molecule has 0 aliphatic carbocycles. The molecule has 0 radical (unpaired) electrons. The Morgan fingerprint density at radius 3 is 2.71 bits per heavy atom. The average molecular weight is 500 g/mol. The Labute approximate surface area is 208 Å². The van der Waals surface area contributed by atoms with Gasteiger partial charge in [0.2, 0.25) is 5.91 Å². The molecular weight excluding hydrogens is 473 g/mol. The van der Waals surface area contributed by atoms with Crippen LogP contribution in [0.3, 0.4) is 0 Å². The summed E-state index contributed by atoms with van der Waals surface area (Å²) in [6.07, 6.45) is 0.721. The lowest BCUT2D eigenvalue weighted by molar-refractivity contribution is -0.131. The maximum absolute atomic E-state index is 13.1. The molecule has 9 heteroatoms. The fraction of sp³-hybridized carbons (Fsp3) is 0.360. The van der Waals surface area contributed by atoms with E-state index in [2.05, 4.69) is 20.5 Å². The van der Waals surface area contributed by atoms with Crippen molar-refractivity contribution in [2.24, 2.45) is 0 Å². The van der Waals surface area contributed by atoms with Crippen LogP contribution in [0.1, 0.15) is 24.1 Å². The number of piperazine rings is 1. The van der Waals surface area contributed by atoms with Crippen molar-refractivity contribution in [3.8, 4) is 0 Å². The van der Waals surface area contributed by atoms with Crippen LogP contribution in [-0.4, -0.2) is 55.1 Å². The van der Waals surface area contributed by atoms with Crippen molar-refractivity contribution in [1.82, 2.24) is 15.2 Å². The van der Waals surface area contributed by atoms with Crippen molar-refractivity contribution in [2.75, 3.05) is 49.5 Å². The summed E-state index contributed by atoms with van der Waals surface area (Å²) in [6.45, 7) is 6.25. The summed E-state index contributed by atoms with van der Waals surface area (Å²) < 4.78 is 0. The number of aromatic nitrogens is 1. The third-order valence-corrected chi connectivity index (χ3v) is 7.27. The lowest BCUT2D eigenvalue weighted by atomic mass is 9.93. The van der Waals surface area contributed by atoms with Crippen LogP contribution in [0, 0.1) is 0 Å². The fourth-order valence-electron chi connectivity index (χ4n) is 4.97. The number of pyridine rings is 1. The molecule has 2 aliphatic rings. The number of nitrogens with one attached hydrogen (secondary N) is 3. The van der Waals surface area contributed by atoms with E-state index in [9.17, 15) is 9.59 Å². The molecule has 1 aromatic heterocycles. The van der Waals surface area contributed by atoms with Gasteiger partial charge in [0.05, 0.1) is 12.6 Å². The van der Waals surface area contributed by atoms with Crippen molar-refractivity contribution in [1.29, 1.82) is 0 Å². The molecule has 1 fully saturated rings. The Morgan fingerprint density at radius 1 is 1.12 bits per heavy atom. The summed E-state index contributed by atoms with van der Waals surface area (Å²) in [4.78, 5) is 32.7. The number of nitrogens with zero attached hydrogens (tertiary/aromatic N) is 2. The number of hydrogen-bond acceptors (Lipinski definition) is 5. The van der Waals surface area contributed by atoms with Gasteiger partial charge in [-0.15, -0.1) is 0 Å². The molecule has 0 saturated carbocycles. The van der Waals surface area contributed by atoms with Gasteiger partial charge in [0, 0.05) is 53.8 Å². The zero-order valence-corrected chi connectivity index (χ0v) is 20.5. The molecule has 1 unspecified atom stereocenters. The van der Waals surface area contributed by atoms with Gasteiger partial charge in [0.15, 0.2) is 0 Å². The predicted molar refractivity (Wildman–Crippen MR) is 138 cm³/mol. The van der Waals surface area contributed by atoms with Gasteiger partial charge >= 0.3 is 0 Å². The number of anilines is 2. The predicted octanol–water partition coefficient (Wildman–Crippen LogP) is 3.80. The molecule has 2 aliphatic heterocycles. The zero-order chi connectivity index (χ0) is 23.8. The largest absolute Gasteiger partial charge is 0.376 e. The molecule has 7 nitrogen and oxygen atoms in total. The Morgan fingerprint density at radius 2 is 1.91 bits per heavy atom. The molecule has 3 aromatic rings. The van der Waals surface area contributed by atoms with E-state index in [1.54, 1.807) is 12.1 Å². The van der Waals surface area contributed by atoms with Crippen molar-refractivity contribution in [3.05, 3.63) is 67.9 Å². The number of carbonyl (C=O) groups excluding carboxylic acids is 1. The minimum absolute atomic E-state index is 0.00308. The van der Waals surface area contributed by atoms with Crippen LogP contribution < -0.4 is 21.1 Å². The topological polar surface area (TPSA) is 80.5 Å². The SMILES string of the molecule is CC1c2c(Cl)cc(Cl)cc2CCN1C(=O)CNc1ccc2c(=O)[nH]c(N3CCNCC3)cc2c1. The highest BCUT2D eigenvalue weighted by molar-refractivity contribution is 6.35. The molecule has 1 saturated heterocycles. The second-order valence-corrected chi connectivity index (χ2v) is 9.69. The van der Waals surface area contributed by atoms with E-state index in [-0.39, 0.29) is 24.1 Å². The molecule has 34 heavy (non-hydrogen) atoms. The highest BCUT2D eigenvalue weighted by atomic mass is 35.5. The molecule has 0 spiro atoms. The molecule has 1 amide bonds. The molecule has 0 bridgehead atoms. The van der Waals surface area contributed by atoms with Crippen LogP contribution in [0.2, 0.25) is 10.0 Å². The summed E-state index contributed by atoms with van der Waals surface area (Å²) >= 11 is 12.6. The van der Waals surface area contributed by atoms with Crippen molar-refractivity contribution in [2.45, 2.75) is 19.4 Å². The van der Waals surface area contributed by atoms with Crippen molar-refractivity contribution >= 4 is 51.4 Å². The number of fused-ring (bicyclic) bond motifs is 2. The van der Waals surface area contributed by atoms with Gasteiger partial charge in [-0.1, -0.05) is 23.2 Å². The first-order valence-electron chi connectivity index (χ1n) is 11.5. The summed E-state index contributed by atoms with van der Waals surface area (Å²) in [5.74, 6) is 0.821. The van der Waals surface area contributed by atoms with E-state index in [0.29, 0.717) is 22.0 Å². The van der Waals surface area contributed by atoms with E-state index in [4.69, 9.17) is 23.2 Å². The summed E-state index contributed by atoms with van der Waals surface area (Å²) in [5, 5.41) is 9.25. The second-order valence-electron chi connectivity index (χ2n) is 8.85. The number of amides is 1. The second kappa shape index (κ2) is 9.49. The summed E-state index contributed by atoms with van der Waals surface area (Å²) in [6, 6.07) is 11.1. The van der Waals surface area contributed by atoms with Crippen LogP contribution in [0.4, 0.5) is 11.5 Å². The van der Waals surface area contributed by atoms with Crippen molar-refractivity contribution in [3.63, 3.8) is 0 Å². The minimum Gasteiger partial charge on any atom is -0.376 e. The van der Waals surface area contributed by atoms with Gasteiger partial charge in [-0.3, -0.25) is 9.59 Å². The Bertz CT molecular complexity index is 1300. The first-order chi connectivity index (χ1) is 16.4. The molecule has 1 atom stereocenters. The first kappa shape index (κ1) is 23.0. The van der Waals surface area contributed by atoms with Crippen LogP contribution >= 0.6 is 23.2 Å². The van der Waals surface area contributed by atoms with Crippen LogP contribution in [0.25, 0.3) is 10.8 Å². The van der Waals surface area contributed by atoms with Gasteiger partial charge in [0.1, 0.15) is 5.82 Å². The Hall–Kier alpha value is -2.74. The lowest BCUT2D eigenvalue weighted by Crippen LogP contribution is -2.44. The number of H-pyrrole nitrogens is 1. The third-order valence-electron chi connectivity index (χ3n) is 6.74. The Kier molecular flexibility index (Phi) is 6.42. The zero-order valence-electron chi connectivity index (χ0n) is 19.0. The number of carbonyl (C=O) groups is 1. The summed E-state index contributed by atoms with van der Waals surface area (Å²) in [5.41, 5.74) is 2.76. The number of halogens is 2. The van der Waals surface area contributed by atoms with Gasteiger partial charge in [-0.2, -0.15) is 0 Å². The van der Waals surface area contributed by atoms with E-state index < -0.39 is 0 Å². The number of hydrogen-bond donors (Lipinski definition) is 3. The normalized spacial score (nSPS) is 18.1. The third kappa shape index (κ3) is 4.48. The lowest BCUT2D eigenvalue weighted by Gasteiger charge is -2.36. The monoisotopic (exact) mass is 499 g/mol. The minimum atomic E-state index is -0.125. The van der Waals surface area contributed by atoms with E-state index in [1.165, 1.54) is 0 Å². The van der Waals surface area contributed by atoms with E-state index in [0.717, 1.165) is 60.6 Å². The van der Waals surface area contributed by atoms with Gasteiger partial charge in [-0.05, 0) is 66.3 Å². The van der Waals surface area contributed by atoms with Crippen LogP contribution in [-0.2, 0) is 11.2 Å². The molecular formula is C25H27Cl2N5O2. The fourth-order valence-corrected chi connectivity index (χ4v) is 5.66. The maximum Gasteiger partial charge on any atom is 0.257 e. The summed E-state index contributed by atoms with van der Waals surface area (Å²) in [7, 11) is 0. The number of aromatic amines is 1. The first-order valence-corrected chi connectivity index (χ1v) is 12.3. The maximum atomic E-state index is 13.1. The molecule has 5 rings (SSSR count). The van der Waals surface area contributed by atoms with Crippen LogP contribution in [0.15, 0.2) is 41.2 Å².